The molecular formula is C10H15N3O4. The van der Waals surface area contributed by atoms with Gasteiger partial charge in [0.15, 0.2) is 0 Å². The topological polar surface area (TPSA) is 93.2 Å². The summed E-state index contributed by atoms with van der Waals surface area (Å²) in [5, 5.41) is 2.58. The highest BCUT2D eigenvalue weighted by atomic mass is 16.5. The van der Waals surface area contributed by atoms with E-state index in [-0.39, 0.29) is 12.5 Å². The molecule has 1 rings (SSSR count). The van der Waals surface area contributed by atoms with Crippen molar-refractivity contribution in [2.75, 3.05) is 20.3 Å². The Balaban J connectivity index is 2.69. The summed E-state index contributed by atoms with van der Waals surface area (Å²) in [6.45, 7) is 2.23. The van der Waals surface area contributed by atoms with Gasteiger partial charge in [0.2, 0.25) is 5.91 Å². The number of aromatic nitrogens is 2. The molecule has 2 N–H and O–H groups in total. The number of carbonyl (C=O) groups is 1. The van der Waals surface area contributed by atoms with Crippen molar-refractivity contribution in [2.45, 2.75) is 13.5 Å². The first-order valence-electron chi connectivity index (χ1n) is 5.10. The molecule has 1 aromatic heterocycles. The Hall–Kier alpha value is -1.89. The monoisotopic (exact) mass is 241 g/mol. The van der Waals surface area contributed by atoms with Crippen LogP contribution in [0.2, 0.25) is 0 Å². The first kappa shape index (κ1) is 13.2. The van der Waals surface area contributed by atoms with Gasteiger partial charge in [-0.25, -0.2) is 4.79 Å². The Morgan fingerprint density at radius 2 is 2.24 bits per heavy atom. The van der Waals surface area contributed by atoms with E-state index in [0.29, 0.717) is 18.7 Å². The molecule has 0 saturated carbocycles. The second kappa shape index (κ2) is 6.00. The Kier molecular flexibility index (Phi) is 4.65. The van der Waals surface area contributed by atoms with Gasteiger partial charge in [-0.05, 0) is 6.92 Å². The molecule has 0 aromatic carbocycles. The molecule has 7 nitrogen and oxygen atoms in total. The van der Waals surface area contributed by atoms with Gasteiger partial charge in [-0.2, -0.15) is 0 Å². The molecule has 17 heavy (non-hydrogen) atoms. The third-order valence-corrected chi connectivity index (χ3v) is 2.13. The van der Waals surface area contributed by atoms with E-state index in [1.54, 1.807) is 6.92 Å². The van der Waals surface area contributed by atoms with Gasteiger partial charge in [-0.15, -0.1) is 0 Å². The number of amides is 1. The van der Waals surface area contributed by atoms with Gasteiger partial charge >= 0.3 is 5.69 Å². The summed E-state index contributed by atoms with van der Waals surface area (Å²) in [4.78, 5) is 36.0. The van der Waals surface area contributed by atoms with Crippen molar-refractivity contribution in [3.8, 4) is 0 Å². The van der Waals surface area contributed by atoms with Crippen LogP contribution in [0.4, 0.5) is 0 Å². The minimum absolute atomic E-state index is 0.125. The zero-order chi connectivity index (χ0) is 12.8. The molecule has 0 aliphatic rings. The Morgan fingerprint density at radius 1 is 1.53 bits per heavy atom. The fourth-order valence-corrected chi connectivity index (χ4v) is 1.24. The number of carbonyl (C=O) groups excluding carboxylic acids is 1. The van der Waals surface area contributed by atoms with Crippen molar-refractivity contribution in [1.29, 1.82) is 0 Å². The Morgan fingerprint density at radius 3 is 2.88 bits per heavy atom. The maximum absolute atomic E-state index is 11.4. The minimum Gasteiger partial charge on any atom is -0.383 e. The van der Waals surface area contributed by atoms with Gasteiger partial charge in [0, 0.05) is 25.4 Å². The van der Waals surface area contributed by atoms with Crippen LogP contribution in [0.3, 0.4) is 0 Å². The summed E-state index contributed by atoms with van der Waals surface area (Å²) in [5.41, 5.74) is -0.650. The lowest BCUT2D eigenvalue weighted by Gasteiger charge is -2.06. The molecule has 1 amide bonds. The third kappa shape index (κ3) is 3.87. The molecule has 0 fully saturated rings. The first-order valence-corrected chi connectivity index (χ1v) is 5.10. The first-order chi connectivity index (χ1) is 8.04. The number of aryl methyl sites for hydroxylation is 1. The molecular weight excluding hydrogens is 226 g/mol. The van der Waals surface area contributed by atoms with Crippen LogP contribution in [-0.4, -0.2) is 35.7 Å². The van der Waals surface area contributed by atoms with E-state index >= 15 is 0 Å². The maximum Gasteiger partial charge on any atom is 0.328 e. The van der Waals surface area contributed by atoms with Gasteiger partial charge < -0.3 is 10.1 Å². The smallest absolute Gasteiger partial charge is 0.328 e. The standard InChI is InChI=1S/C10H15N3O4/c1-7-5-13(10(16)12-9(7)15)6-8(14)11-3-4-17-2/h5H,3-4,6H2,1-2H3,(H,11,14)(H,12,15,16). The predicted octanol–water partition coefficient (Wildman–Crippen LogP) is -1.39. The van der Waals surface area contributed by atoms with Crippen LogP contribution in [0.5, 0.6) is 0 Å². The SMILES string of the molecule is COCCNC(=O)Cn1cc(C)c(=O)[nH]c1=O. The summed E-state index contributed by atoms with van der Waals surface area (Å²) in [7, 11) is 1.53. The molecule has 0 radical (unpaired) electrons. The average Bonchev–Trinajstić information content (AvgIpc) is 2.26. The van der Waals surface area contributed by atoms with Crippen molar-refractivity contribution in [3.63, 3.8) is 0 Å². The van der Waals surface area contributed by atoms with Crippen LogP contribution in [-0.2, 0) is 16.1 Å². The second-order valence-corrected chi connectivity index (χ2v) is 3.54. The number of nitrogens with zero attached hydrogens (tertiary/aromatic N) is 1. The zero-order valence-corrected chi connectivity index (χ0v) is 9.78. The lowest BCUT2D eigenvalue weighted by Crippen LogP contribution is -2.37. The molecule has 0 aliphatic carbocycles. The lowest BCUT2D eigenvalue weighted by molar-refractivity contribution is -0.121. The van der Waals surface area contributed by atoms with E-state index < -0.39 is 11.2 Å². The highest BCUT2D eigenvalue weighted by Crippen LogP contribution is 1.84. The zero-order valence-electron chi connectivity index (χ0n) is 9.78. The van der Waals surface area contributed by atoms with Crippen LogP contribution >= 0.6 is 0 Å². The summed E-state index contributed by atoms with van der Waals surface area (Å²) < 4.78 is 5.92. The van der Waals surface area contributed by atoms with E-state index in [9.17, 15) is 14.4 Å². The molecule has 0 atom stereocenters. The maximum atomic E-state index is 11.4. The Bertz CT molecular complexity index is 503. The molecule has 0 saturated heterocycles. The van der Waals surface area contributed by atoms with Crippen LogP contribution in [0.1, 0.15) is 5.56 Å². The highest BCUT2D eigenvalue weighted by Gasteiger charge is 2.05. The van der Waals surface area contributed by atoms with Gasteiger partial charge in [-0.1, -0.05) is 0 Å². The molecule has 0 aliphatic heterocycles. The molecule has 0 unspecified atom stereocenters. The number of H-pyrrole nitrogens is 1. The fourth-order valence-electron chi connectivity index (χ4n) is 1.24. The largest absolute Gasteiger partial charge is 0.383 e. The summed E-state index contributed by atoms with van der Waals surface area (Å²) in [6, 6.07) is 0. The summed E-state index contributed by atoms with van der Waals surface area (Å²) in [6.07, 6.45) is 1.36. The van der Waals surface area contributed by atoms with Crippen LogP contribution < -0.4 is 16.6 Å². The van der Waals surface area contributed by atoms with Crippen LogP contribution in [0.25, 0.3) is 0 Å². The minimum atomic E-state index is -0.595. The van der Waals surface area contributed by atoms with Gasteiger partial charge in [0.05, 0.1) is 6.61 Å². The van der Waals surface area contributed by atoms with Crippen molar-refractivity contribution in [3.05, 3.63) is 32.6 Å². The number of nitrogens with one attached hydrogen (secondary N) is 2. The van der Waals surface area contributed by atoms with Crippen LogP contribution in [0.15, 0.2) is 15.8 Å². The fraction of sp³-hybridized carbons (Fsp3) is 0.500. The number of methoxy groups -OCH3 is 1. The summed E-state index contributed by atoms with van der Waals surface area (Å²) in [5.74, 6) is -0.310. The molecule has 1 aromatic rings. The molecule has 94 valence electrons. The lowest BCUT2D eigenvalue weighted by atomic mass is 10.4. The molecule has 0 bridgehead atoms. The average molecular weight is 241 g/mol. The number of hydrogen-bond donors (Lipinski definition) is 2. The van der Waals surface area contributed by atoms with Gasteiger partial charge in [0.1, 0.15) is 6.54 Å². The van der Waals surface area contributed by atoms with E-state index in [0.717, 1.165) is 4.57 Å². The summed E-state index contributed by atoms with van der Waals surface area (Å²) >= 11 is 0. The number of ether oxygens (including phenoxy) is 1. The normalized spacial score (nSPS) is 10.2. The van der Waals surface area contributed by atoms with Gasteiger partial charge in [-0.3, -0.25) is 19.1 Å². The van der Waals surface area contributed by atoms with Crippen molar-refractivity contribution in [2.24, 2.45) is 0 Å². The van der Waals surface area contributed by atoms with Crippen molar-refractivity contribution in [1.82, 2.24) is 14.9 Å². The molecule has 0 spiro atoms. The Labute approximate surface area is 97.4 Å². The number of hydrogen-bond acceptors (Lipinski definition) is 4. The second-order valence-electron chi connectivity index (χ2n) is 3.54. The quantitative estimate of drug-likeness (QED) is 0.620. The van der Waals surface area contributed by atoms with E-state index in [4.69, 9.17) is 4.74 Å². The van der Waals surface area contributed by atoms with Crippen molar-refractivity contribution >= 4 is 5.91 Å². The van der Waals surface area contributed by atoms with Crippen molar-refractivity contribution < 1.29 is 9.53 Å². The van der Waals surface area contributed by atoms with E-state index in [1.165, 1.54) is 13.3 Å². The predicted molar refractivity (Wildman–Crippen MR) is 60.9 cm³/mol. The molecule has 1 heterocycles. The van der Waals surface area contributed by atoms with E-state index in [2.05, 4.69) is 10.3 Å². The number of rotatable bonds is 5. The number of aromatic amines is 1. The van der Waals surface area contributed by atoms with E-state index in [1.807, 2.05) is 0 Å². The highest BCUT2D eigenvalue weighted by molar-refractivity contribution is 5.75. The molecule has 7 heteroatoms. The van der Waals surface area contributed by atoms with Crippen LogP contribution in [0, 0.1) is 6.92 Å². The third-order valence-electron chi connectivity index (χ3n) is 2.13. The van der Waals surface area contributed by atoms with Gasteiger partial charge in [0.25, 0.3) is 5.56 Å².